The van der Waals surface area contributed by atoms with E-state index in [-0.39, 0.29) is 11.1 Å². The third-order valence-corrected chi connectivity index (χ3v) is 2.78. The summed E-state index contributed by atoms with van der Waals surface area (Å²) in [4.78, 5) is 11.2. The lowest BCUT2D eigenvalue weighted by atomic mass is 9.87. The van der Waals surface area contributed by atoms with E-state index in [9.17, 15) is 4.79 Å². The predicted molar refractivity (Wildman–Crippen MR) is 68.6 cm³/mol. The van der Waals surface area contributed by atoms with E-state index in [1.165, 1.54) is 16.4 Å². The molecule has 0 fully saturated rings. The maximum atomic E-state index is 11.2. The highest BCUT2D eigenvalue weighted by Gasteiger charge is 2.15. The molecule has 2 N–H and O–H groups in total. The summed E-state index contributed by atoms with van der Waals surface area (Å²) in [5, 5.41) is 7.57. The van der Waals surface area contributed by atoms with Gasteiger partial charge >= 0.3 is 0 Å². The van der Waals surface area contributed by atoms with E-state index in [4.69, 9.17) is 5.73 Å². The minimum atomic E-state index is -0.542. The molecule has 0 saturated heterocycles. The monoisotopic (exact) mass is 244 g/mol. The minimum absolute atomic E-state index is 0.0907. The smallest absolute Gasteiger partial charge is 0.269 e. The fourth-order valence-electron chi connectivity index (χ4n) is 1.70. The Morgan fingerprint density at radius 3 is 2.33 bits per heavy atom. The molecule has 94 valence electrons. The van der Waals surface area contributed by atoms with Crippen molar-refractivity contribution in [3.05, 3.63) is 41.7 Å². The topological polar surface area (TPSA) is 73.8 Å². The van der Waals surface area contributed by atoms with Crippen LogP contribution in [0.4, 0.5) is 0 Å². The van der Waals surface area contributed by atoms with Crippen molar-refractivity contribution in [1.82, 2.24) is 15.0 Å². The van der Waals surface area contributed by atoms with Gasteiger partial charge in [0.15, 0.2) is 5.69 Å². The van der Waals surface area contributed by atoms with Crippen LogP contribution in [0.5, 0.6) is 0 Å². The van der Waals surface area contributed by atoms with E-state index in [0.717, 1.165) is 5.69 Å². The van der Waals surface area contributed by atoms with Crippen LogP contribution in [0.2, 0.25) is 0 Å². The molecule has 1 heterocycles. The summed E-state index contributed by atoms with van der Waals surface area (Å²) in [6.07, 6.45) is 1.36. The van der Waals surface area contributed by atoms with Crippen LogP contribution < -0.4 is 5.73 Å². The van der Waals surface area contributed by atoms with Gasteiger partial charge in [-0.3, -0.25) is 4.79 Å². The molecule has 0 aliphatic carbocycles. The summed E-state index contributed by atoms with van der Waals surface area (Å²) < 4.78 is 1.44. The van der Waals surface area contributed by atoms with Crippen molar-refractivity contribution in [2.45, 2.75) is 26.2 Å². The number of carbonyl (C=O) groups is 1. The highest BCUT2D eigenvalue weighted by atomic mass is 16.1. The molecule has 0 aliphatic heterocycles. The SMILES string of the molecule is CC(C)(C)c1ccc(-n2nncc2C(N)=O)cc1. The van der Waals surface area contributed by atoms with Crippen LogP contribution in [0.15, 0.2) is 30.5 Å². The molecule has 1 amide bonds. The number of carbonyl (C=O) groups excluding carboxylic acids is 1. The molecule has 0 unspecified atom stereocenters. The number of aromatic nitrogens is 3. The number of rotatable bonds is 2. The van der Waals surface area contributed by atoms with Crippen molar-refractivity contribution in [1.29, 1.82) is 0 Å². The second-order valence-corrected chi connectivity index (χ2v) is 5.19. The first-order valence-corrected chi connectivity index (χ1v) is 5.71. The molecule has 1 aromatic heterocycles. The number of amides is 1. The van der Waals surface area contributed by atoms with Crippen LogP contribution in [0, 0.1) is 0 Å². The Bertz CT molecular complexity index is 563. The highest BCUT2D eigenvalue weighted by molar-refractivity contribution is 5.91. The molecule has 2 aromatic rings. The van der Waals surface area contributed by atoms with E-state index in [1.54, 1.807) is 0 Å². The van der Waals surface area contributed by atoms with Crippen LogP contribution in [0.1, 0.15) is 36.8 Å². The maximum Gasteiger partial charge on any atom is 0.269 e. The van der Waals surface area contributed by atoms with E-state index in [2.05, 4.69) is 31.1 Å². The first kappa shape index (κ1) is 12.3. The van der Waals surface area contributed by atoms with E-state index in [1.807, 2.05) is 24.3 Å². The van der Waals surface area contributed by atoms with Crippen LogP contribution in [0.25, 0.3) is 5.69 Å². The lowest BCUT2D eigenvalue weighted by molar-refractivity contribution is 0.0993. The van der Waals surface area contributed by atoms with Crippen molar-refractivity contribution in [3.8, 4) is 5.69 Å². The third kappa shape index (κ3) is 2.25. The second kappa shape index (κ2) is 4.25. The van der Waals surface area contributed by atoms with E-state index < -0.39 is 5.91 Å². The van der Waals surface area contributed by atoms with Gasteiger partial charge in [0.05, 0.1) is 11.9 Å². The Hall–Kier alpha value is -2.17. The fraction of sp³-hybridized carbons (Fsp3) is 0.308. The van der Waals surface area contributed by atoms with Gasteiger partial charge < -0.3 is 5.73 Å². The van der Waals surface area contributed by atoms with E-state index in [0.29, 0.717) is 0 Å². The predicted octanol–water partition coefficient (Wildman–Crippen LogP) is 1.66. The van der Waals surface area contributed by atoms with E-state index >= 15 is 0 Å². The Kier molecular flexibility index (Phi) is 2.90. The molecular formula is C13H16N4O. The number of hydrogen-bond acceptors (Lipinski definition) is 3. The standard InChI is InChI=1S/C13H16N4O/c1-13(2,3)9-4-6-10(7-5-9)17-11(12(14)18)8-15-16-17/h4-8H,1-3H3,(H2,14,18). The normalized spacial score (nSPS) is 11.5. The minimum Gasteiger partial charge on any atom is -0.364 e. The lowest BCUT2D eigenvalue weighted by Crippen LogP contribution is -2.17. The third-order valence-electron chi connectivity index (χ3n) is 2.78. The zero-order valence-electron chi connectivity index (χ0n) is 10.7. The summed E-state index contributed by atoms with van der Waals surface area (Å²) in [6, 6.07) is 7.84. The molecule has 0 atom stereocenters. The number of hydrogen-bond donors (Lipinski definition) is 1. The molecule has 2 rings (SSSR count). The first-order valence-electron chi connectivity index (χ1n) is 5.71. The Balaban J connectivity index is 2.41. The van der Waals surface area contributed by atoms with Gasteiger partial charge in [0.2, 0.25) is 0 Å². The highest BCUT2D eigenvalue weighted by Crippen LogP contribution is 2.23. The van der Waals surface area contributed by atoms with Crippen molar-refractivity contribution in [2.75, 3.05) is 0 Å². The Labute approximate surface area is 106 Å². The molecule has 5 nitrogen and oxygen atoms in total. The number of nitrogens with two attached hydrogens (primary N) is 1. The number of benzene rings is 1. The fourth-order valence-corrected chi connectivity index (χ4v) is 1.70. The number of primary amides is 1. The second-order valence-electron chi connectivity index (χ2n) is 5.19. The van der Waals surface area contributed by atoms with Crippen molar-refractivity contribution < 1.29 is 4.79 Å². The van der Waals surface area contributed by atoms with Gasteiger partial charge in [-0.25, -0.2) is 4.68 Å². The molecule has 1 aromatic carbocycles. The van der Waals surface area contributed by atoms with Gasteiger partial charge in [0.1, 0.15) is 0 Å². The Morgan fingerprint density at radius 2 is 1.83 bits per heavy atom. The van der Waals surface area contributed by atoms with Crippen molar-refractivity contribution >= 4 is 5.91 Å². The van der Waals surface area contributed by atoms with Gasteiger partial charge in [-0.1, -0.05) is 38.1 Å². The number of nitrogens with zero attached hydrogens (tertiary/aromatic N) is 3. The molecule has 0 radical (unpaired) electrons. The first-order chi connectivity index (χ1) is 8.39. The van der Waals surface area contributed by atoms with Crippen LogP contribution in [-0.2, 0) is 5.41 Å². The van der Waals surface area contributed by atoms with Gasteiger partial charge in [-0.2, -0.15) is 0 Å². The average Bonchev–Trinajstić information content (AvgIpc) is 2.77. The molecule has 18 heavy (non-hydrogen) atoms. The van der Waals surface area contributed by atoms with Crippen LogP contribution in [-0.4, -0.2) is 20.9 Å². The van der Waals surface area contributed by atoms with Gasteiger partial charge in [-0.05, 0) is 23.1 Å². The van der Waals surface area contributed by atoms with Crippen LogP contribution >= 0.6 is 0 Å². The summed E-state index contributed by atoms with van der Waals surface area (Å²) in [5.74, 6) is -0.542. The quantitative estimate of drug-likeness (QED) is 0.873. The van der Waals surface area contributed by atoms with Gasteiger partial charge in [0.25, 0.3) is 5.91 Å². The zero-order chi connectivity index (χ0) is 13.3. The van der Waals surface area contributed by atoms with Gasteiger partial charge in [-0.15, -0.1) is 5.10 Å². The Morgan fingerprint density at radius 1 is 1.22 bits per heavy atom. The molecular weight excluding hydrogens is 228 g/mol. The summed E-state index contributed by atoms with van der Waals surface area (Å²) in [5.41, 5.74) is 7.61. The van der Waals surface area contributed by atoms with Crippen molar-refractivity contribution in [3.63, 3.8) is 0 Å². The summed E-state index contributed by atoms with van der Waals surface area (Å²) >= 11 is 0. The largest absolute Gasteiger partial charge is 0.364 e. The maximum absolute atomic E-state index is 11.2. The molecule has 0 saturated carbocycles. The molecule has 5 heteroatoms. The molecule has 0 bridgehead atoms. The zero-order valence-corrected chi connectivity index (χ0v) is 10.7. The molecule has 0 aliphatic rings. The van der Waals surface area contributed by atoms with Gasteiger partial charge in [0, 0.05) is 0 Å². The average molecular weight is 244 g/mol. The summed E-state index contributed by atoms with van der Waals surface area (Å²) in [7, 11) is 0. The summed E-state index contributed by atoms with van der Waals surface area (Å²) in [6.45, 7) is 6.44. The van der Waals surface area contributed by atoms with Crippen LogP contribution in [0.3, 0.4) is 0 Å². The lowest BCUT2D eigenvalue weighted by Gasteiger charge is -2.19. The van der Waals surface area contributed by atoms with Crippen molar-refractivity contribution in [2.24, 2.45) is 5.73 Å². The molecule has 0 spiro atoms.